The van der Waals surface area contributed by atoms with Crippen molar-refractivity contribution in [2.24, 2.45) is 0 Å². The Labute approximate surface area is 237 Å². The molecule has 3 heteroatoms. The fourth-order valence-corrected chi connectivity index (χ4v) is 5.56. The Morgan fingerprint density at radius 1 is 0.541 bits per heavy atom. The first-order valence-corrected chi connectivity index (χ1v) is 14.1. The molecule has 0 aliphatic carbocycles. The Morgan fingerprint density at radius 3 is 1.57 bits per heavy atom. The molecule has 0 amide bonds. The van der Waals surface area contributed by atoms with Crippen molar-refractivity contribution in [2.45, 2.75) is 27.2 Å². The minimum Gasteiger partial charge on any atom is -0.311 e. The monoisotopic (exact) mass is 609 g/mol. The number of benzene rings is 5. The lowest BCUT2D eigenvalue weighted by Crippen LogP contribution is -2.09. The van der Waals surface area contributed by atoms with Crippen LogP contribution in [0.2, 0.25) is 0 Å². The van der Waals surface area contributed by atoms with Gasteiger partial charge in [0.1, 0.15) is 0 Å². The van der Waals surface area contributed by atoms with Crippen LogP contribution in [0.1, 0.15) is 23.6 Å². The fraction of sp³-hybridized carbons (Fsp3) is 0.118. The van der Waals surface area contributed by atoms with E-state index in [1.165, 1.54) is 38.9 Å². The average molecular weight is 611 g/mol. The summed E-state index contributed by atoms with van der Waals surface area (Å²) in [7, 11) is 0. The van der Waals surface area contributed by atoms with Gasteiger partial charge >= 0.3 is 0 Å². The lowest BCUT2D eigenvalue weighted by Gasteiger charge is -2.26. The maximum atomic E-state index is 3.61. The minimum absolute atomic E-state index is 0.994. The van der Waals surface area contributed by atoms with Crippen molar-refractivity contribution in [2.75, 3.05) is 4.90 Å². The largest absolute Gasteiger partial charge is 0.311 e. The summed E-state index contributed by atoms with van der Waals surface area (Å²) in [6, 6.07) is 39.5. The summed E-state index contributed by atoms with van der Waals surface area (Å²) in [5.41, 5.74) is 12.3. The number of hydrogen-bond acceptors (Lipinski definition) is 1. The van der Waals surface area contributed by atoms with Gasteiger partial charge in [0.05, 0.1) is 0 Å². The molecular formula is C34H29Br2N. The molecule has 0 saturated carbocycles. The van der Waals surface area contributed by atoms with Crippen molar-refractivity contribution in [3.8, 4) is 22.3 Å². The highest BCUT2D eigenvalue weighted by molar-refractivity contribution is 9.10. The SMILES string of the molecule is CCc1cc(Br)ccc1-c1ccc(N(c2ccc(Br)cc2)c2ccc(-c3ccc(C)cc3C)cc2)cc1. The van der Waals surface area contributed by atoms with E-state index in [1.54, 1.807) is 0 Å². The molecule has 0 atom stereocenters. The van der Waals surface area contributed by atoms with Gasteiger partial charge in [0, 0.05) is 26.0 Å². The van der Waals surface area contributed by atoms with Gasteiger partial charge in [0.2, 0.25) is 0 Å². The molecular weight excluding hydrogens is 582 g/mol. The van der Waals surface area contributed by atoms with Crippen LogP contribution in [-0.2, 0) is 6.42 Å². The second-order valence-corrected chi connectivity index (χ2v) is 11.2. The van der Waals surface area contributed by atoms with Crippen molar-refractivity contribution in [3.05, 3.63) is 135 Å². The first kappa shape index (κ1) is 25.5. The topological polar surface area (TPSA) is 3.24 Å². The van der Waals surface area contributed by atoms with Crippen LogP contribution in [0.25, 0.3) is 22.3 Å². The molecule has 0 spiro atoms. The highest BCUT2D eigenvalue weighted by Crippen LogP contribution is 2.38. The van der Waals surface area contributed by atoms with E-state index in [0.717, 1.165) is 32.4 Å². The summed E-state index contributed by atoms with van der Waals surface area (Å²) in [6.07, 6.45) is 0.994. The van der Waals surface area contributed by atoms with E-state index in [2.05, 4.69) is 167 Å². The third-order valence-electron chi connectivity index (χ3n) is 6.79. The quantitative estimate of drug-likeness (QED) is 0.185. The molecule has 0 aliphatic rings. The Kier molecular flexibility index (Phi) is 7.64. The molecule has 5 rings (SSSR count). The molecule has 0 unspecified atom stereocenters. The van der Waals surface area contributed by atoms with E-state index >= 15 is 0 Å². The van der Waals surface area contributed by atoms with E-state index < -0.39 is 0 Å². The van der Waals surface area contributed by atoms with Crippen molar-refractivity contribution in [1.29, 1.82) is 0 Å². The molecule has 0 heterocycles. The van der Waals surface area contributed by atoms with Gasteiger partial charge in [-0.05, 0) is 114 Å². The van der Waals surface area contributed by atoms with E-state index in [4.69, 9.17) is 0 Å². The van der Waals surface area contributed by atoms with Crippen molar-refractivity contribution >= 4 is 48.9 Å². The molecule has 5 aromatic carbocycles. The standard InChI is InChI=1S/C34H29Br2N/c1-4-25-22-29(36)12-20-34(25)27-8-15-31(16-9-27)37(32-17-10-28(35)11-18-32)30-13-6-26(7-14-30)33-19-5-23(2)21-24(33)3/h5-22H,4H2,1-3H3. The predicted octanol–water partition coefficient (Wildman–Crippen LogP) is 11.2. The number of halogens is 2. The summed E-state index contributed by atoms with van der Waals surface area (Å²) < 4.78 is 2.19. The van der Waals surface area contributed by atoms with Crippen molar-refractivity contribution in [1.82, 2.24) is 0 Å². The zero-order valence-electron chi connectivity index (χ0n) is 21.3. The van der Waals surface area contributed by atoms with E-state index in [-0.39, 0.29) is 0 Å². The van der Waals surface area contributed by atoms with E-state index in [9.17, 15) is 0 Å². The van der Waals surface area contributed by atoms with E-state index in [0.29, 0.717) is 0 Å². The van der Waals surface area contributed by atoms with Crippen LogP contribution in [-0.4, -0.2) is 0 Å². The molecule has 0 saturated heterocycles. The Bertz CT molecular complexity index is 1520. The van der Waals surface area contributed by atoms with Crippen LogP contribution >= 0.6 is 31.9 Å². The summed E-state index contributed by atoms with van der Waals surface area (Å²) in [4.78, 5) is 2.31. The number of rotatable bonds is 6. The lowest BCUT2D eigenvalue weighted by molar-refractivity contribution is 1.14. The molecule has 0 bridgehead atoms. The van der Waals surface area contributed by atoms with Gasteiger partial charge in [-0.3, -0.25) is 0 Å². The molecule has 0 aliphatic heterocycles. The third kappa shape index (κ3) is 5.58. The highest BCUT2D eigenvalue weighted by Gasteiger charge is 2.14. The van der Waals surface area contributed by atoms with Crippen LogP contribution in [0.5, 0.6) is 0 Å². The molecule has 37 heavy (non-hydrogen) atoms. The van der Waals surface area contributed by atoms with Gasteiger partial charge in [-0.25, -0.2) is 0 Å². The summed E-state index contributed by atoms with van der Waals surface area (Å²) in [5, 5.41) is 0. The smallest absolute Gasteiger partial charge is 0.0462 e. The highest BCUT2D eigenvalue weighted by atomic mass is 79.9. The normalized spacial score (nSPS) is 10.9. The van der Waals surface area contributed by atoms with Crippen molar-refractivity contribution in [3.63, 3.8) is 0 Å². The van der Waals surface area contributed by atoms with Gasteiger partial charge < -0.3 is 4.90 Å². The minimum atomic E-state index is 0.994. The fourth-order valence-electron chi connectivity index (χ4n) is 4.89. The maximum absolute atomic E-state index is 3.61. The molecule has 1 nitrogen and oxygen atoms in total. The van der Waals surface area contributed by atoms with Gasteiger partial charge in [-0.1, -0.05) is 92.9 Å². The van der Waals surface area contributed by atoms with Crippen LogP contribution in [0, 0.1) is 13.8 Å². The van der Waals surface area contributed by atoms with Gasteiger partial charge in [0.25, 0.3) is 0 Å². The van der Waals surface area contributed by atoms with Gasteiger partial charge in [0.15, 0.2) is 0 Å². The summed E-state index contributed by atoms with van der Waals surface area (Å²) in [5.74, 6) is 0. The van der Waals surface area contributed by atoms with Crippen molar-refractivity contribution < 1.29 is 0 Å². The third-order valence-corrected chi connectivity index (χ3v) is 7.81. The zero-order chi connectivity index (χ0) is 25.9. The summed E-state index contributed by atoms with van der Waals surface area (Å²) in [6.45, 7) is 6.53. The second kappa shape index (κ2) is 11.1. The van der Waals surface area contributed by atoms with E-state index in [1.807, 2.05) is 0 Å². The second-order valence-electron chi connectivity index (χ2n) is 9.38. The molecule has 0 N–H and O–H groups in total. The summed E-state index contributed by atoms with van der Waals surface area (Å²) >= 11 is 7.20. The van der Waals surface area contributed by atoms with Crippen LogP contribution < -0.4 is 4.90 Å². The Hall–Kier alpha value is -3.14. The average Bonchev–Trinajstić information content (AvgIpc) is 2.91. The molecule has 5 aromatic rings. The van der Waals surface area contributed by atoms with Crippen LogP contribution in [0.4, 0.5) is 17.1 Å². The molecule has 0 aromatic heterocycles. The maximum Gasteiger partial charge on any atom is 0.0462 e. The zero-order valence-corrected chi connectivity index (χ0v) is 24.5. The first-order chi connectivity index (χ1) is 17.9. The Morgan fingerprint density at radius 2 is 1.03 bits per heavy atom. The Balaban J connectivity index is 1.54. The van der Waals surface area contributed by atoms with Gasteiger partial charge in [-0.2, -0.15) is 0 Å². The number of anilines is 3. The molecule has 0 radical (unpaired) electrons. The first-order valence-electron chi connectivity index (χ1n) is 12.5. The van der Waals surface area contributed by atoms with Crippen LogP contribution in [0.3, 0.4) is 0 Å². The number of nitrogens with zero attached hydrogens (tertiary/aromatic N) is 1. The number of aryl methyl sites for hydroxylation is 3. The van der Waals surface area contributed by atoms with Crippen LogP contribution in [0.15, 0.2) is 118 Å². The molecule has 184 valence electrons. The number of hydrogen-bond donors (Lipinski definition) is 0. The predicted molar refractivity (Wildman–Crippen MR) is 166 cm³/mol. The lowest BCUT2D eigenvalue weighted by atomic mass is 9.97. The van der Waals surface area contributed by atoms with Gasteiger partial charge in [-0.15, -0.1) is 0 Å². The molecule has 0 fully saturated rings.